The molecule has 0 fully saturated rings. The number of anilines is 1. The van der Waals surface area contributed by atoms with E-state index < -0.39 is 0 Å². The minimum Gasteiger partial charge on any atom is -0.484 e. The number of aryl methyl sites for hydroxylation is 2. The van der Waals surface area contributed by atoms with E-state index in [2.05, 4.69) is 24.0 Å². The first-order chi connectivity index (χ1) is 14.6. The number of hydrogen-bond acceptors (Lipinski definition) is 5. The molecule has 0 unspecified atom stereocenters. The van der Waals surface area contributed by atoms with Crippen LogP contribution in [0.3, 0.4) is 0 Å². The zero-order valence-electron chi connectivity index (χ0n) is 17.0. The number of carbonyl (C=O) groups is 1. The molecule has 0 bridgehead atoms. The first kappa shape index (κ1) is 20.0. The van der Waals surface area contributed by atoms with Gasteiger partial charge in [0.15, 0.2) is 11.7 Å². The summed E-state index contributed by atoms with van der Waals surface area (Å²) >= 11 is 1.52. The molecule has 2 aromatic heterocycles. The number of nitrogens with zero attached hydrogens (tertiary/aromatic N) is 3. The molecule has 2 aromatic carbocycles. The van der Waals surface area contributed by atoms with Crippen LogP contribution in [0.15, 0.2) is 66.9 Å². The number of carbonyl (C=O) groups excluding carboxylic acids is 1. The van der Waals surface area contributed by atoms with Crippen LogP contribution in [0, 0.1) is 6.92 Å². The highest BCUT2D eigenvalue weighted by molar-refractivity contribution is 7.22. The highest BCUT2D eigenvalue weighted by Crippen LogP contribution is 2.30. The van der Waals surface area contributed by atoms with Crippen molar-refractivity contribution >= 4 is 32.6 Å². The van der Waals surface area contributed by atoms with Crippen LogP contribution in [0.25, 0.3) is 10.2 Å². The highest BCUT2D eigenvalue weighted by atomic mass is 32.1. The van der Waals surface area contributed by atoms with Crippen LogP contribution in [0.5, 0.6) is 5.75 Å². The van der Waals surface area contributed by atoms with E-state index in [0.29, 0.717) is 17.4 Å². The maximum atomic E-state index is 13.1. The van der Waals surface area contributed by atoms with Gasteiger partial charge in [-0.1, -0.05) is 42.5 Å². The lowest BCUT2D eigenvalue weighted by atomic mass is 10.2. The topological polar surface area (TPSA) is 55.3 Å². The molecule has 0 aliphatic rings. The zero-order chi connectivity index (χ0) is 20.9. The molecule has 0 saturated carbocycles. The normalized spacial score (nSPS) is 10.9. The number of thiazole rings is 1. The fourth-order valence-electron chi connectivity index (χ4n) is 3.14. The van der Waals surface area contributed by atoms with Crippen molar-refractivity contribution in [3.63, 3.8) is 0 Å². The lowest BCUT2D eigenvalue weighted by molar-refractivity contribution is -0.120. The number of benzene rings is 2. The minimum atomic E-state index is -0.156. The molecule has 0 spiro atoms. The van der Waals surface area contributed by atoms with Crippen molar-refractivity contribution in [3.8, 4) is 5.75 Å². The fourth-order valence-corrected chi connectivity index (χ4v) is 4.18. The standard InChI is InChI=1S/C24H23N3O2S/c1-3-18-10-11-21-22(14-18)30-24(26-21)27(15-19-8-4-5-12-25-19)23(28)16-29-20-9-6-7-17(2)13-20/h4-14H,3,15-16H2,1-2H3. The monoisotopic (exact) mass is 417 g/mol. The highest BCUT2D eigenvalue weighted by Gasteiger charge is 2.21. The van der Waals surface area contributed by atoms with Crippen LogP contribution >= 0.6 is 11.3 Å². The van der Waals surface area contributed by atoms with E-state index in [-0.39, 0.29) is 12.5 Å². The van der Waals surface area contributed by atoms with Crippen LogP contribution < -0.4 is 9.64 Å². The van der Waals surface area contributed by atoms with Gasteiger partial charge in [0.1, 0.15) is 5.75 Å². The van der Waals surface area contributed by atoms with Gasteiger partial charge in [0.2, 0.25) is 0 Å². The molecule has 0 aliphatic heterocycles. The van der Waals surface area contributed by atoms with Crippen LogP contribution in [0.1, 0.15) is 23.7 Å². The Bertz CT molecular complexity index is 1160. The summed E-state index contributed by atoms with van der Waals surface area (Å²) in [5, 5.41) is 0.654. The van der Waals surface area contributed by atoms with Gasteiger partial charge in [0.25, 0.3) is 5.91 Å². The van der Waals surface area contributed by atoms with Crippen molar-refractivity contribution in [3.05, 3.63) is 83.7 Å². The summed E-state index contributed by atoms with van der Waals surface area (Å²) in [6, 6.07) is 19.6. The van der Waals surface area contributed by atoms with Gasteiger partial charge in [-0.05, 0) is 60.9 Å². The van der Waals surface area contributed by atoms with E-state index in [1.54, 1.807) is 11.1 Å². The smallest absolute Gasteiger partial charge is 0.267 e. The molecular formula is C24H23N3O2S. The van der Waals surface area contributed by atoms with Gasteiger partial charge in [-0.2, -0.15) is 0 Å². The Hall–Kier alpha value is -3.25. The average molecular weight is 418 g/mol. The number of rotatable bonds is 7. The molecular weight excluding hydrogens is 394 g/mol. The van der Waals surface area contributed by atoms with Crippen molar-refractivity contribution in [1.82, 2.24) is 9.97 Å². The molecule has 0 atom stereocenters. The van der Waals surface area contributed by atoms with Crippen molar-refractivity contribution in [2.45, 2.75) is 26.8 Å². The molecule has 30 heavy (non-hydrogen) atoms. The molecule has 4 aromatic rings. The second kappa shape index (κ2) is 9.05. The van der Waals surface area contributed by atoms with E-state index in [9.17, 15) is 4.79 Å². The molecule has 0 radical (unpaired) electrons. The fraction of sp³-hybridized carbons (Fsp3) is 0.208. The molecule has 5 nitrogen and oxygen atoms in total. The third-order valence-corrected chi connectivity index (χ3v) is 5.82. The van der Waals surface area contributed by atoms with Crippen LogP contribution in [-0.4, -0.2) is 22.5 Å². The van der Waals surface area contributed by atoms with Crippen LogP contribution in [-0.2, 0) is 17.8 Å². The first-order valence-electron chi connectivity index (χ1n) is 9.91. The third kappa shape index (κ3) is 4.66. The van der Waals surface area contributed by atoms with E-state index in [1.165, 1.54) is 16.9 Å². The maximum absolute atomic E-state index is 13.1. The number of amides is 1. The Labute approximate surface area is 180 Å². The number of aromatic nitrogens is 2. The molecule has 0 saturated heterocycles. The van der Waals surface area contributed by atoms with Gasteiger partial charge in [-0.3, -0.25) is 14.7 Å². The van der Waals surface area contributed by atoms with E-state index in [1.807, 2.05) is 55.5 Å². The Morgan fingerprint density at radius 2 is 2.00 bits per heavy atom. The van der Waals surface area contributed by atoms with E-state index in [0.717, 1.165) is 27.9 Å². The zero-order valence-corrected chi connectivity index (χ0v) is 17.9. The minimum absolute atomic E-state index is 0.0631. The van der Waals surface area contributed by atoms with Gasteiger partial charge in [0.05, 0.1) is 22.5 Å². The van der Waals surface area contributed by atoms with Crippen molar-refractivity contribution in [1.29, 1.82) is 0 Å². The van der Waals surface area contributed by atoms with Crippen molar-refractivity contribution in [2.24, 2.45) is 0 Å². The Kier molecular flexibility index (Phi) is 6.05. The Morgan fingerprint density at radius 1 is 1.10 bits per heavy atom. The SMILES string of the molecule is CCc1ccc2nc(N(Cc3ccccn3)C(=O)COc3cccc(C)c3)sc2c1. The summed E-state index contributed by atoms with van der Waals surface area (Å²) in [5.74, 6) is 0.523. The number of fused-ring (bicyclic) bond motifs is 1. The first-order valence-corrected chi connectivity index (χ1v) is 10.7. The lowest BCUT2D eigenvalue weighted by Crippen LogP contribution is -2.34. The number of hydrogen-bond donors (Lipinski definition) is 0. The summed E-state index contributed by atoms with van der Waals surface area (Å²) in [6.45, 7) is 4.40. The van der Waals surface area contributed by atoms with Gasteiger partial charge in [0, 0.05) is 6.20 Å². The van der Waals surface area contributed by atoms with Gasteiger partial charge < -0.3 is 4.74 Å². The van der Waals surface area contributed by atoms with Crippen LogP contribution in [0.2, 0.25) is 0 Å². The summed E-state index contributed by atoms with van der Waals surface area (Å²) in [7, 11) is 0. The second-order valence-corrected chi connectivity index (χ2v) is 8.07. The molecule has 4 rings (SSSR count). The summed E-state index contributed by atoms with van der Waals surface area (Å²) < 4.78 is 6.84. The van der Waals surface area contributed by atoms with Crippen molar-refractivity contribution in [2.75, 3.05) is 11.5 Å². The molecule has 1 amide bonds. The van der Waals surface area contributed by atoms with Crippen molar-refractivity contribution < 1.29 is 9.53 Å². The van der Waals surface area contributed by atoms with E-state index in [4.69, 9.17) is 9.72 Å². The molecule has 6 heteroatoms. The average Bonchev–Trinajstić information content (AvgIpc) is 3.19. The molecule has 0 N–H and O–H groups in total. The molecule has 0 aliphatic carbocycles. The van der Waals surface area contributed by atoms with Gasteiger partial charge in [-0.25, -0.2) is 4.98 Å². The van der Waals surface area contributed by atoms with Gasteiger partial charge >= 0.3 is 0 Å². The third-order valence-electron chi connectivity index (χ3n) is 4.78. The predicted molar refractivity (Wildman–Crippen MR) is 121 cm³/mol. The summed E-state index contributed by atoms with van der Waals surface area (Å²) in [4.78, 5) is 23.9. The quantitative estimate of drug-likeness (QED) is 0.416. The summed E-state index contributed by atoms with van der Waals surface area (Å²) in [5.41, 5.74) is 4.03. The summed E-state index contributed by atoms with van der Waals surface area (Å²) in [6.07, 6.45) is 2.69. The molecule has 152 valence electrons. The number of pyridine rings is 1. The lowest BCUT2D eigenvalue weighted by Gasteiger charge is -2.19. The van der Waals surface area contributed by atoms with E-state index >= 15 is 0 Å². The van der Waals surface area contributed by atoms with Crippen LogP contribution in [0.4, 0.5) is 5.13 Å². The maximum Gasteiger partial charge on any atom is 0.267 e. The predicted octanol–water partition coefficient (Wildman–Crippen LogP) is 5.17. The molecule has 2 heterocycles. The van der Waals surface area contributed by atoms with Gasteiger partial charge in [-0.15, -0.1) is 0 Å². The largest absolute Gasteiger partial charge is 0.484 e. The number of ether oxygens (including phenoxy) is 1. The Morgan fingerprint density at radius 3 is 2.77 bits per heavy atom. The second-order valence-electron chi connectivity index (χ2n) is 7.06. The Balaban J connectivity index is 1.61.